The fourth-order valence-corrected chi connectivity index (χ4v) is 8.64. The van der Waals surface area contributed by atoms with Crippen LogP contribution in [0.2, 0.25) is 0 Å². The Labute approximate surface area is 383 Å². The maximum Gasteiger partial charge on any atom is 0.472 e. The van der Waals surface area contributed by atoms with Crippen LogP contribution >= 0.6 is 15.6 Å². The van der Waals surface area contributed by atoms with E-state index in [0.29, 0.717) is 12.0 Å². The summed E-state index contributed by atoms with van der Waals surface area (Å²) in [5.41, 5.74) is 11.7. The van der Waals surface area contributed by atoms with E-state index in [9.17, 15) is 43.3 Å². The van der Waals surface area contributed by atoms with Gasteiger partial charge in [0.2, 0.25) is 11.8 Å². The first kappa shape index (κ1) is 48.0. The van der Waals surface area contributed by atoms with Crippen molar-refractivity contribution >= 4 is 50.3 Å². The van der Waals surface area contributed by atoms with Crippen LogP contribution in [-0.4, -0.2) is 114 Å². The first-order valence-corrected chi connectivity index (χ1v) is 23.4. The number of ether oxygens (including phenoxy) is 3. The van der Waals surface area contributed by atoms with E-state index in [1.54, 1.807) is 30.3 Å². The van der Waals surface area contributed by atoms with E-state index in [1.165, 1.54) is 23.2 Å². The van der Waals surface area contributed by atoms with Gasteiger partial charge < -0.3 is 59.8 Å². The number of aromatic nitrogens is 8. The van der Waals surface area contributed by atoms with Gasteiger partial charge >= 0.3 is 27.3 Å². The molecular weight excluding hydrogens is 940 g/mol. The Kier molecular flexibility index (Phi) is 14.1. The quantitative estimate of drug-likeness (QED) is 0.0345. The maximum absolute atomic E-state index is 14.3. The number of carbonyl (C=O) groups is 2. The Bertz CT molecular complexity index is 2940. The number of fused-ring (bicyclic) bond motifs is 1. The number of nitrogens with one attached hydrogen (secondary N) is 1. The third-order valence-electron chi connectivity index (χ3n) is 10.5. The summed E-state index contributed by atoms with van der Waals surface area (Å²) in [4.78, 5) is 89.4. The molecule has 2 fully saturated rings. The van der Waals surface area contributed by atoms with Gasteiger partial charge in [0, 0.05) is 42.7 Å². The summed E-state index contributed by atoms with van der Waals surface area (Å²) in [5.74, 6) is -1.74. The van der Waals surface area contributed by atoms with E-state index >= 15 is 0 Å². The second-order valence-electron chi connectivity index (χ2n) is 15.1. The minimum Gasteiger partial charge on any atom is -0.452 e. The number of phosphoric ester groups is 2. The molecule has 2 aliphatic heterocycles. The largest absolute Gasteiger partial charge is 0.472 e. The molecule has 29 heteroatoms. The predicted octanol–water partition coefficient (Wildman–Crippen LogP) is 1.66. The molecule has 1 amide bonds. The van der Waals surface area contributed by atoms with E-state index in [0.717, 1.165) is 16.6 Å². The highest BCUT2D eigenvalue weighted by atomic mass is 31.2. The van der Waals surface area contributed by atoms with Gasteiger partial charge in [-0.2, -0.15) is 4.98 Å². The highest BCUT2D eigenvalue weighted by molar-refractivity contribution is 7.47. The second kappa shape index (κ2) is 20.0. The second-order valence-corrected chi connectivity index (χ2v) is 17.8. The van der Waals surface area contributed by atoms with Crippen LogP contribution in [0.25, 0.3) is 28.2 Å². The Morgan fingerprint density at radius 3 is 2.43 bits per heavy atom. The smallest absolute Gasteiger partial charge is 0.452 e. The Morgan fingerprint density at radius 1 is 0.956 bits per heavy atom. The Morgan fingerprint density at radius 2 is 1.71 bits per heavy atom. The van der Waals surface area contributed by atoms with Gasteiger partial charge in [0.25, 0.3) is 0 Å². The van der Waals surface area contributed by atoms with Gasteiger partial charge in [-0.05, 0) is 48.9 Å². The standard InChI is InChI=1S/C39H43N11O16P2/c1-2-3-6-27(51)42-16-28-47-30(33(64-28)21-7-9-22(10-8-21)48-12-4-5-13-48)38(53)65-34-25(63-37(32(34)52)50-20-45-31-35(41)43-19-44-36(31)50)18-61-68(58,59)66-23-15-29(49-14-11-26(40)46-39(49)54)62-24(23)17-60-67(55,56)57/h2,4-5,7-14,19-20,23-25,29,32,34,37,52H,1,3,6,15-18H2,(H,42,51)(H,58,59)(H2,40,46,54)(H2,41,43,44)(H2,55,56,57)/t23?,24-,25-,29-,32?,34?,37-/m1/s1. The molecule has 8 rings (SSSR count). The molecule has 0 saturated carbocycles. The fraction of sp³-hybridized carbons (Fsp3) is 0.333. The van der Waals surface area contributed by atoms with Crippen LogP contribution in [0.15, 0.2) is 95.6 Å². The summed E-state index contributed by atoms with van der Waals surface area (Å²) >= 11 is 0. The van der Waals surface area contributed by atoms with E-state index in [1.807, 2.05) is 29.1 Å². The SMILES string of the molecule is C=CCCC(=O)NCc1nc(C(=O)OC2C(O)[C@H](n3cnc4c(N)ncnc43)O[C@@H]2COP(=O)(O)OC2C[C@H](n3ccc(N)nc3=O)O[C@@H]2COP(=O)(O)O)c(-c2ccc(-n3cccc3)cc2)o1. The molecule has 7 heterocycles. The summed E-state index contributed by atoms with van der Waals surface area (Å²) in [5, 5.41) is 14.5. The lowest BCUT2D eigenvalue weighted by Crippen LogP contribution is -2.38. The first-order chi connectivity index (χ1) is 32.5. The third-order valence-corrected chi connectivity index (χ3v) is 12.0. The molecule has 68 heavy (non-hydrogen) atoms. The molecule has 9 N–H and O–H groups in total. The summed E-state index contributed by atoms with van der Waals surface area (Å²) in [6, 6.07) is 11.8. The van der Waals surface area contributed by atoms with Gasteiger partial charge in [0.1, 0.15) is 48.3 Å². The van der Waals surface area contributed by atoms with Crippen LogP contribution in [0.5, 0.6) is 0 Å². The fourth-order valence-electron chi connectivity index (χ4n) is 7.34. The average molecular weight is 984 g/mol. The van der Waals surface area contributed by atoms with Crippen molar-refractivity contribution in [3.05, 3.63) is 108 Å². The number of amides is 1. The lowest BCUT2D eigenvalue weighted by molar-refractivity contribution is -0.121. The molecule has 0 spiro atoms. The molecule has 2 aliphatic rings. The minimum absolute atomic E-state index is 0.00437. The highest BCUT2D eigenvalue weighted by Crippen LogP contribution is 2.50. The molecule has 8 atom stereocenters. The number of allylic oxidation sites excluding steroid dienone is 1. The molecule has 4 unspecified atom stereocenters. The normalized spacial score (nSPS) is 22.6. The van der Waals surface area contributed by atoms with Gasteiger partial charge in [0.15, 0.2) is 35.3 Å². The van der Waals surface area contributed by atoms with Gasteiger partial charge in [-0.15, -0.1) is 6.58 Å². The van der Waals surface area contributed by atoms with Crippen molar-refractivity contribution in [2.75, 3.05) is 24.7 Å². The number of benzene rings is 1. The lowest BCUT2D eigenvalue weighted by Gasteiger charge is -2.23. The van der Waals surface area contributed by atoms with Crippen molar-refractivity contribution in [1.29, 1.82) is 0 Å². The number of anilines is 2. The van der Waals surface area contributed by atoms with E-state index in [2.05, 4.69) is 41.3 Å². The zero-order chi connectivity index (χ0) is 48.3. The summed E-state index contributed by atoms with van der Waals surface area (Å²) in [6.45, 7) is 1.62. The summed E-state index contributed by atoms with van der Waals surface area (Å²) in [7, 11) is -10.4. The van der Waals surface area contributed by atoms with Gasteiger partial charge in [-0.3, -0.25) is 27.5 Å². The number of nitrogens with two attached hydrogens (primary N) is 2. The van der Waals surface area contributed by atoms with Crippen LogP contribution < -0.4 is 22.5 Å². The zero-order valence-electron chi connectivity index (χ0n) is 35.3. The lowest BCUT2D eigenvalue weighted by atomic mass is 10.1. The number of carbonyl (C=O) groups excluding carboxylic acids is 2. The number of imidazole rings is 1. The number of hydrogen-bond acceptors (Lipinski definition) is 20. The maximum atomic E-state index is 14.3. The van der Waals surface area contributed by atoms with Crippen LogP contribution in [0.4, 0.5) is 11.6 Å². The van der Waals surface area contributed by atoms with E-state index in [-0.39, 0.29) is 65.4 Å². The van der Waals surface area contributed by atoms with E-state index < -0.39 is 83.5 Å². The zero-order valence-corrected chi connectivity index (χ0v) is 37.1. The summed E-state index contributed by atoms with van der Waals surface area (Å²) < 4.78 is 68.6. The van der Waals surface area contributed by atoms with Gasteiger partial charge in [-0.25, -0.2) is 38.7 Å². The van der Waals surface area contributed by atoms with Gasteiger partial charge in [-0.1, -0.05) is 6.08 Å². The topological polar surface area (TPSA) is 378 Å². The van der Waals surface area contributed by atoms with Crippen LogP contribution in [0.3, 0.4) is 0 Å². The number of hydrogen-bond donors (Lipinski definition) is 7. The number of aliphatic hydroxyl groups is 1. The molecule has 0 bridgehead atoms. The number of nitrogen functional groups attached to an aromatic ring is 2. The number of esters is 1. The molecule has 5 aromatic heterocycles. The first-order valence-electron chi connectivity index (χ1n) is 20.4. The average Bonchev–Trinajstić information content (AvgIpc) is 4.16. The van der Waals surface area contributed by atoms with Crippen molar-refractivity contribution in [1.82, 2.24) is 43.9 Å². The molecule has 0 radical (unpaired) electrons. The van der Waals surface area contributed by atoms with Crippen LogP contribution in [0.1, 0.15) is 48.1 Å². The monoisotopic (exact) mass is 983 g/mol. The van der Waals surface area contributed by atoms with Gasteiger partial charge in [0.05, 0.1) is 26.1 Å². The van der Waals surface area contributed by atoms with Crippen molar-refractivity contribution in [2.45, 2.75) is 68.8 Å². The number of aliphatic hydroxyl groups excluding tert-OH is 1. The molecule has 360 valence electrons. The van der Waals surface area contributed by atoms with Crippen LogP contribution in [-0.2, 0) is 48.3 Å². The Balaban J connectivity index is 1.06. The number of nitrogens with zero attached hydrogens (tertiary/aromatic N) is 8. The van der Waals surface area contributed by atoms with Crippen molar-refractivity contribution in [2.24, 2.45) is 0 Å². The summed E-state index contributed by atoms with van der Waals surface area (Å²) in [6.07, 6.45) is -1.67. The molecule has 2 saturated heterocycles. The molecule has 0 aliphatic carbocycles. The number of rotatable bonds is 19. The Hall–Kier alpha value is -6.48. The van der Waals surface area contributed by atoms with E-state index in [4.69, 9.17) is 39.1 Å². The molecule has 27 nitrogen and oxygen atoms in total. The molecular formula is C39H43N11O16P2. The molecule has 6 aromatic rings. The van der Waals surface area contributed by atoms with Crippen molar-refractivity contribution < 1.29 is 70.7 Å². The van der Waals surface area contributed by atoms with Crippen LogP contribution in [0, 0.1) is 0 Å². The number of phosphoric acid groups is 2. The third kappa shape index (κ3) is 10.9. The molecule has 1 aromatic carbocycles. The predicted molar refractivity (Wildman–Crippen MR) is 231 cm³/mol. The van der Waals surface area contributed by atoms with Crippen molar-refractivity contribution in [3.8, 4) is 17.0 Å². The van der Waals surface area contributed by atoms with Crippen molar-refractivity contribution in [3.63, 3.8) is 0 Å². The number of oxazole rings is 1. The highest BCUT2D eigenvalue weighted by Gasteiger charge is 2.50. The minimum atomic E-state index is -5.27.